The Morgan fingerprint density at radius 2 is 2.07 bits per heavy atom. The Balaban J connectivity index is 1.22. The second kappa shape index (κ2) is 6.37. The molecule has 29 heavy (non-hydrogen) atoms. The van der Waals surface area contributed by atoms with Crippen LogP contribution in [0.1, 0.15) is 55.2 Å². The van der Waals surface area contributed by atoms with Gasteiger partial charge in [0.1, 0.15) is 11.1 Å². The van der Waals surface area contributed by atoms with E-state index in [1.54, 1.807) is 11.3 Å². The minimum atomic E-state index is -0.688. The fourth-order valence-corrected chi connectivity index (χ4v) is 6.45. The summed E-state index contributed by atoms with van der Waals surface area (Å²) >= 11 is 1.59. The van der Waals surface area contributed by atoms with Gasteiger partial charge in [-0.2, -0.15) is 0 Å². The first kappa shape index (κ1) is 18.0. The molecular formula is C23H26N2O3S. The average molecular weight is 411 g/mol. The van der Waals surface area contributed by atoms with Crippen LogP contribution in [0, 0.1) is 11.3 Å². The second-order valence-corrected chi connectivity index (χ2v) is 10.2. The SMILES string of the molecule is O=C(N1CCOC(c2nc(-c3ccccc3C3(O)CC3)cs2)C1)C12CCC(C1)C2. The maximum atomic E-state index is 13.2. The zero-order chi connectivity index (χ0) is 19.6. The van der Waals surface area contributed by atoms with Crippen molar-refractivity contribution in [2.24, 2.45) is 11.3 Å². The molecule has 4 saturated carbocycles. The number of carbonyl (C=O) groups excluding carboxylic acids is 1. The van der Waals surface area contributed by atoms with Gasteiger partial charge in [-0.05, 0) is 50.0 Å². The summed E-state index contributed by atoms with van der Waals surface area (Å²) in [7, 11) is 0. The topological polar surface area (TPSA) is 62.7 Å². The van der Waals surface area contributed by atoms with E-state index >= 15 is 0 Å². The molecule has 5 nitrogen and oxygen atoms in total. The second-order valence-electron chi connectivity index (χ2n) is 9.35. The van der Waals surface area contributed by atoms with Gasteiger partial charge >= 0.3 is 0 Å². The molecule has 152 valence electrons. The fraction of sp³-hybridized carbons (Fsp3) is 0.565. The van der Waals surface area contributed by atoms with Crippen LogP contribution in [0.4, 0.5) is 0 Å². The molecule has 0 radical (unpaired) electrons. The third kappa shape index (κ3) is 2.87. The highest BCUT2D eigenvalue weighted by molar-refractivity contribution is 7.10. The smallest absolute Gasteiger partial charge is 0.228 e. The lowest BCUT2D eigenvalue weighted by atomic mass is 9.68. The van der Waals surface area contributed by atoms with Gasteiger partial charge in [0, 0.05) is 22.9 Å². The quantitative estimate of drug-likeness (QED) is 0.831. The van der Waals surface area contributed by atoms with Gasteiger partial charge in [0.25, 0.3) is 0 Å². The Bertz CT molecular complexity index is 955. The number of nitrogens with zero attached hydrogens (tertiary/aromatic N) is 2. The first-order valence-corrected chi connectivity index (χ1v) is 11.6. The Labute approximate surface area is 174 Å². The van der Waals surface area contributed by atoms with Crippen LogP contribution in [-0.2, 0) is 15.1 Å². The van der Waals surface area contributed by atoms with Gasteiger partial charge in [0.2, 0.25) is 5.91 Å². The summed E-state index contributed by atoms with van der Waals surface area (Å²) in [4.78, 5) is 20.0. The molecule has 2 aromatic rings. The summed E-state index contributed by atoms with van der Waals surface area (Å²) in [5, 5.41) is 13.6. The van der Waals surface area contributed by atoms with Crippen molar-refractivity contribution in [3.05, 3.63) is 40.2 Å². The normalized spacial score (nSPS) is 32.1. The summed E-state index contributed by atoms with van der Waals surface area (Å²) in [6.07, 6.45) is 5.94. The number of hydrogen-bond acceptors (Lipinski definition) is 5. The van der Waals surface area contributed by atoms with Crippen molar-refractivity contribution in [1.82, 2.24) is 9.88 Å². The van der Waals surface area contributed by atoms with E-state index in [0.717, 1.165) is 59.9 Å². The Morgan fingerprint density at radius 3 is 2.83 bits per heavy atom. The standard InChI is InChI=1S/C23H26N2O3S/c26-21(22-6-5-15(11-22)12-22)25-9-10-28-19(13-25)20-24-18(14-29-20)16-3-1-2-4-17(16)23(27)7-8-23/h1-4,14-15,19,27H,5-13H2. The average Bonchev–Trinajstić information content (AvgIpc) is 3.16. The van der Waals surface area contributed by atoms with E-state index in [1.807, 2.05) is 29.2 Å². The first-order valence-electron chi connectivity index (χ1n) is 10.8. The number of morpholine rings is 1. The van der Waals surface area contributed by atoms with E-state index in [2.05, 4.69) is 5.38 Å². The van der Waals surface area contributed by atoms with Crippen LogP contribution in [0.2, 0.25) is 0 Å². The van der Waals surface area contributed by atoms with E-state index in [0.29, 0.717) is 25.6 Å². The minimum absolute atomic E-state index is 0.0563. The van der Waals surface area contributed by atoms with Gasteiger partial charge in [-0.1, -0.05) is 24.3 Å². The molecule has 1 aromatic heterocycles. The molecule has 5 aliphatic rings. The number of amides is 1. The molecule has 1 unspecified atom stereocenters. The molecule has 0 spiro atoms. The van der Waals surface area contributed by atoms with Crippen molar-refractivity contribution in [2.75, 3.05) is 19.7 Å². The van der Waals surface area contributed by atoms with Crippen LogP contribution in [0.3, 0.4) is 0 Å². The van der Waals surface area contributed by atoms with Gasteiger partial charge in [-0.25, -0.2) is 4.98 Å². The van der Waals surface area contributed by atoms with Crippen molar-refractivity contribution in [1.29, 1.82) is 0 Å². The Morgan fingerprint density at radius 1 is 1.24 bits per heavy atom. The Kier molecular flexibility index (Phi) is 3.96. The summed E-state index contributed by atoms with van der Waals surface area (Å²) in [6, 6.07) is 8.01. The van der Waals surface area contributed by atoms with Gasteiger partial charge < -0.3 is 14.7 Å². The van der Waals surface area contributed by atoms with E-state index in [-0.39, 0.29) is 11.5 Å². The van der Waals surface area contributed by atoms with Crippen LogP contribution >= 0.6 is 11.3 Å². The molecule has 7 rings (SSSR count). The molecule has 1 amide bonds. The third-order valence-electron chi connectivity index (χ3n) is 7.42. The number of rotatable bonds is 4. The van der Waals surface area contributed by atoms with Crippen molar-refractivity contribution in [3.63, 3.8) is 0 Å². The molecule has 1 atom stereocenters. The highest BCUT2D eigenvalue weighted by Gasteiger charge is 2.56. The minimum Gasteiger partial charge on any atom is -0.385 e. The number of hydrogen-bond donors (Lipinski definition) is 1. The van der Waals surface area contributed by atoms with Crippen molar-refractivity contribution < 1.29 is 14.6 Å². The lowest BCUT2D eigenvalue weighted by Gasteiger charge is -2.43. The molecule has 1 aliphatic heterocycles. The van der Waals surface area contributed by atoms with Gasteiger partial charge in [0.05, 0.1) is 24.4 Å². The van der Waals surface area contributed by atoms with Crippen LogP contribution in [-0.4, -0.2) is 40.6 Å². The molecule has 2 heterocycles. The maximum absolute atomic E-state index is 13.2. The highest BCUT2D eigenvalue weighted by Crippen LogP contribution is 2.59. The number of ether oxygens (including phenoxy) is 1. The molecule has 1 saturated heterocycles. The van der Waals surface area contributed by atoms with Gasteiger partial charge in [0.15, 0.2) is 0 Å². The van der Waals surface area contributed by atoms with E-state index < -0.39 is 5.60 Å². The summed E-state index contributed by atoms with van der Waals surface area (Å²) in [5.74, 6) is 1.14. The lowest BCUT2D eigenvalue weighted by Crippen LogP contribution is -2.51. The van der Waals surface area contributed by atoms with Gasteiger partial charge in [-0.15, -0.1) is 11.3 Å². The number of thiazole rings is 1. The highest BCUT2D eigenvalue weighted by atomic mass is 32.1. The van der Waals surface area contributed by atoms with E-state index in [1.165, 1.54) is 6.42 Å². The molecular weight excluding hydrogens is 384 g/mol. The summed E-state index contributed by atoms with van der Waals surface area (Å²) in [5.41, 5.74) is 2.12. The van der Waals surface area contributed by atoms with Gasteiger partial charge in [-0.3, -0.25) is 4.79 Å². The fourth-order valence-electron chi connectivity index (χ4n) is 5.59. The number of carbonyl (C=O) groups is 1. The monoisotopic (exact) mass is 410 g/mol. The molecule has 6 heteroatoms. The number of benzene rings is 1. The third-order valence-corrected chi connectivity index (χ3v) is 8.36. The zero-order valence-electron chi connectivity index (χ0n) is 16.5. The molecule has 1 aromatic carbocycles. The first-order chi connectivity index (χ1) is 14.1. The van der Waals surface area contributed by atoms with Crippen LogP contribution in [0.5, 0.6) is 0 Å². The Hall–Kier alpha value is -1.76. The molecule has 4 aliphatic carbocycles. The van der Waals surface area contributed by atoms with Crippen molar-refractivity contribution in [2.45, 2.75) is 50.2 Å². The van der Waals surface area contributed by atoms with Crippen LogP contribution in [0.25, 0.3) is 11.3 Å². The summed E-state index contributed by atoms with van der Waals surface area (Å²) in [6.45, 7) is 1.86. The lowest BCUT2D eigenvalue weighted by molar-refractivity contribution is -0.154. The number of aromatic nitrogens is 1. The largest absolute Gasteiger partial charge is 0.385 e. The zero-order valence-corrected chi connectivity index (χ0v) is 17.3. The maximum Gasteiger partial charge on any atom is 0.228 e. The van der Waals surface area contributed by atoms with Crippen LogP contribution in [0.15, 0.2) is 29.6 Å². The molecule has 2 bridgehead atoms. The van der Waals surface area contributed by atoms with Crippen molar-refractivity contribution >= 4 is 17.2 Å². The van der Waals surface area contributed by atoms with Crippen molar-refractivity contribution in [3.8, 4) is 11.3 Å². The van der Waals surface area contributed by atoms with E-state index in [9.17, 15) is 9.90 Å². The summed E-state index contributed by atoms with van der Waals surface area (Å²) < 4.78 is 6.02. The molecule has 5 fully saturated rings. The molecule has 1 N–H and O–H groups in total. The number of fused-ring (bicyclic) bond motifs is 1. The predicted molar refractivity (Wildman–Crippen MR) is 110 cm³/mol. The van der Waals surface area contributed by atoms with E-state index in [4.69, 9.17) is 9.72 Å². The predicted octanol–water partition coefficient (Wildman–Crippen LogP) is 3.88. The number of aliphatic hydroxyl groups is 1. The van der Waals surface area contributed by atoms with Crippen LogP contribution < -0.4 is 0 Å².